The number of hydrogen-bond donors (Lipinski definition) is 0. The Morgan fingerprint density at radius 2 is 1.97 bits per heavy atom. The molecule has 2 aliphatic heterocycles. The summed E-state index contributed by atoms with van der Waals surface area (Å²) < 4.78 is 24.6. The predicted octanol–water partition coefficient (Wildman–Crippen LogP) is 5.09. The Morgan fingerprint density at radius 3 is 2.64 bits per heavy atom. The molecule has 1 aromatic carbocycles. The van der Waals surface area contributed by atoms with E-state index in [2.05, 4.69) is 16.7 Å². The molecule has 7 nitrogen and oxygen atoms in total. The first-order valence-electron chi connectivity index (χ1n) is 11.3. The topological polar surface area (TPSA) is 71.2 Å². The van der Waals surface area contributed by atoms with Gasteiger partial charge in [-0.05, 0) is 62.6 Å². The van der Waals surface area contributed by atoms with E-state index in [1.807, 2.05) is 23.6 Å². The number of aliphatic imine (C=N–C) groups is 1. The number of allylic oxidation sites excluding steroid dienone is 1. The molecule has 2 saturated heterocycles. The molecule has 0 unspecified atom stereocenters. The van der Waals surface area contributed by atoms with Crippen molar-refractivity contribution in [2.75, 3.05) is 26.2 Å². The van der Waals surface area contributed by atoms with Crippen LogP contribution >= 0.6 is 0 Å². The third-order valence-electron chi connectivity index (χ3n) is 6.01. The van der Waals surface area contributed by atoms with Gasteiger partial charge in [0.1, 0.15) is 23.9 Å². The fourth-order valence-corrected chi connectivity index (χ4v) is 4.08. The quantitative estimate of drug-likeness (QED) is 0.593. The molecule has 0 N–H and O–H groups in total. The van der Waals surface area contributed by atoms with Crippen LogP contribution in [0.1, 0.15) is 37.5 Å². The zero-order valence-corrected chi connectivity index (χ0v) is 19.1. The second-order valence-electron chi connectivity index (χ2n) is 8.30. The standard InChI is InChI=1S/C25H29FN4O3/c1-4-23(27-22-11-14-30(15-17(22)2)25(31)29-12-5-6-13-29)32-16-21-18(3)33-28-24(21)19-7-9-20(26)10-8-19/h4,7-10H,2,5-6,11-16H2,1,3H3/b23-4+,27-22?. The van der Waals surface area contributed by atoms with E-state index in [0.29, 0.717) is 36.8 Å². The number of carbonyl (C=O) groups excluding carboxylic acids is 1. The second-order valence-corrected chi connectivity index (χ2v) is 8.30. The van der Waals surface area contributed by atoms with Crippen LogP contribution in [0, 0.1) is 12.7 Å². The van der Waals surface area contributed by atoms with Crippen LogP contribution in [0.2, 0.25) is 0 Å². The normalized spacial score (nSPS) is 18.3. The lowest BCUT2D eigenvalue weighted by molar-refractivity contribution is 0.166. The molecule has 8 heteroatoms. The van der Waals surface area contributed by atoms with Crippen molar-refractivity contribution < 1.29 is 18.4 Å². The molecule has 0 aliphatic carbocycles. The summed E-state index contributed by atoms with van der Waals surface area (Å²) in [5.41, 5.74) is 3.82. The van der Waals surface area contributed by atoms with Crippen LogP contribution in [0.25, 0.3) is 11.3 Å². The third-order valence-corrected chi connectivity index (χ3v) is 6.01. The summed E-state index contributed by atoms with van der Waals surface area (Å²) in [5.74, 6) is 0.795. The minimum Gasteiger partial charge on any atom is -0.473 e. The number of aryl methyl sites for hydroxylation is 1. The van der Waals surface area contributed by atoms with Gasteiger partial charge in [0.15, 0.2) is 0 Å². The number of ether oxygens (including phenoxy) is 1. The summed E-state index contributed by atoms with van der Waals surface area (Å²) in [5, 5.41) is 4.12. The SMILES string of the molecule is C=C1CN(C(=O)N2CCCC2)CCC1=N/C(=C\C)OCc1c(-c2ccc(F)cc2)noc1C. The van der Waals surface area contributed by atoms with E-state index in [0.717, 1.165) is 48.3 Å². The Hall–Kier alpha value is -3.42. The van der Waals surface area contributed by atoms with Crippen LogP contribution in [0.3, 0.4) is 0 Å². The van der Waals surface area contributed by atoms with E-state index in [1.54, 1.807) is 18.2 Å². The molecule has 33 heavy (non-hydrogen) atoms. The molecule has 2 amide bonds. The first-order chi connectivity index (χ1) is 16.0. The van der Waals surface area contributed by atoms with Gasteiger partial charge in [-0.1, -0.05) is 11.7 Å². The zero-order chi connectivity index (χ0) is 23.4. The van der Waals surface area contributed by atoms with Crippen LogP contribution in [0.15, 0.2) is 57.9 Å². The molecule has 0 saturated carbocycles. The van der Waals surface area contributed by atoms with Gasteiger partial charge in [-0.15, -0.1) is 0 Å². The van der Waals surface area contributed by atoms with Crippen molar-refractivity contribution in [1.29, 1.82) is 0 Å². The summed E-state index contributed by atoms with van der Waals surface area (Å²) >= 11 is 0. The number of hydrogen-bond acceptors (Lipinski definition) is 5. The third kappa shape index (κ3) is 5.16. The number of nitrogens with zero attached hydrogens (tertiary/aromatic N) is 4. The number of carbonyl (C=O) groups is 1. The van der Waals surface area contributed by atoms with E-state index >= 15 is 0 Å². The maximum Gasteiger partial charge on any atom is 0.320 e. The Kier molecular flexibility index (Phi) is 6.91. The number of likely N-dealkylation sites (tertiary alicyclic amines) is 2. The molecule has 0 atom stereocenters. The van der Waals surface area contributed by atoms with Crippen molar-refractivity contribution in [3.63, 3.8) is 0 Å². The van der Waals surface area contributed by atoms with Crippen LogP contribution < -0.4 is 0 Å². The lowest BCUT2D eigenvalue weighted by atomic mass is 10.0. The molecule has 174 valence electrons. The van der Waals surface area contributed by atoms with Gasteiger partial charge >= 0.3 is 6.03 Å². The number of aromatic nitrogens is 1. The lowest BCUT2D eigenvalue weighted by Crippen LogP contribution is -2.46. The minimum absolute atomic E-state index is 0.0893. The lowest BCUT2D eigenvalue weighted by Gasteiger charge is -2.32. The van der Waals surface area contributed by atoms with Crippen molar-refractivity contribution in [3.8, 4) is 11.3 Å². The first kappa shape index (κ1) is 22.8. The summed E-state index contributed by atoms with van der Waals surface area (Å²) in [6.07, 6.45) is 4.57. The highest BCUT2D eigenvalue weighted by Crippen LogP contribution is 2.27. The van der Waals surface area contributed by atoms with Gasteiger partial charge in [0.25, 0.3) is 0 Å². The smallest absolute Gasteiger partial charge is 0.320 e. The Morgan fingerprint density at radius 1 is 1.24 bits per heavy atom. The first-order valence-corrected chi connectivity index (χ1v) is 11.3. The van der Waals surface area contributed by atoms with Gasteiger partial charge in [-0.2, -0.15) is 0 Å². The molecular formula is C25H29FN4O3. The van der Waals surface area contributed by atoms with E-state index in [9.17, 15) is 9.18 Å². The molecule has 0 spiro atoms. The number of halogens is 1. The maximum atomic E-state index is 13.3. The monoisotopic (exact) mass is 452 g/mol. The summed E-state index contributed by atoms with van der Waals surface area (Å²) in [4.78, 5) is 21.1. The van der Waals surface area contributed by atoms with Crippen molar-refractivity contribution in [3.05, 3.63) is 65.5 Å². The summed E-state index contributed by atoms with van der Waals surface area (Å²) in [7, 11) is 0. The molecule has 2 aliphatic rings. The Labute approximate surface area is 193 Å². The van der Waals surface area contributed by atoms with Gasteiger partial charge in [0.2, 0.25) is 5.88 Å². The average molecular weight is 453 g/mol. The van der Waals surface area contributed by atoms with Crippen LogP contribution in [-0.2, 0) is 11.3 Å². The van der Waals surface area contributed by atoms with E-state index < -0.39 is 0 Å². The Balaban J connectivity index is 1.40. The highest BCUT2D eigenvalue weighted by molar-refractivity contribution is 6.02. The molecule has 0 bridgehead atoms. The van der Waals surface area contributed by atoms with E-state index in [1.165, 1.54) is 12.1 Å². The highest BCUT2D eigenvalue weighted by atomic mass is 19.1. The molecule has 0 radical (unpaired) electrons. The molecular weight excluding hydrogens is 423 g/mol. The number of rotatable bonds is 5. The predicted molar refractivity (Wildman–Crippen MR) is 124 cm³/mol. The van der Waals surface area contributed by atoms with Gasteiger partial charge in [0.05, 0.1) is 11.3 Å². The number of urea groups is 1. The van der Waals surface area contributed by atoms with Crippen LogP contribution in [-0.4, -0.2) is 52.9 Å². The maximum absolute atomic E-state index is 13.3. The molecule has 2 fully saturated rings. The molecule has 2 aromatic rings. The minimum atomic E-state index is -0.308. The molecule has 4 rings (SSSR count). The van der Waals surface area contributed by atoms with Gasteiger partial charge in [-0.25, -0.2) is 14.2 Å². The van der Waals surface area contributed by atoms with Crippen LogP contribution in [0.4, 0.5) is 9.18 Å². The molecule has 1 aromatic heterocycles. The summed E-state index contributed by atoms with van der Waals surface area (Å²) in [6.45, 7) is 10.8. The average Bonchev–Trinajstić information content (AvgIpc) is 3.48. The fourth-order valence-electron chi connectivity index (χ4n) is 4.08. The number of amides is 2. The van der Waals surface area contributed by atoms with Gasteiger partial charge in [-0.3, -0.25) is 0 Å². The highest BCUT2D eigenvalue weighted by Gasteiger charge is 2.28. The number of piperidine rings is 1. The molecule has 3 heterocycles. The van der Waals surface area contributed by atoms with Crippen molar-refractivity contribution in [2.45, 2.75) is 39.7 Å². The number of benzene rings is 1. The van der Waals surface area contributed by atoms with Crippen LogP contribution in [0.5, 0.6) is 0 Å². The van der Waals surface area contributed by atoms with Crippen molar-refractivity contribution >= 4 is 11.7 Å². The second kappa shape index (κ2) is 10.0. The zero-order valence-electron chi connectivity index (χ0n) is 19.1. The van der Waals surface area contributed by atoms with Gasteiger partial charge < -0.3 is 19.1 Å². The Bertz CT molecular complexity index is 1080. The largest absolute Gasteiger partial charge is 0.473 e. The van der Waals surface area contributed by atoms with E-state index in [-0.39, 0.29) is 18.5 Å². The van der Waals surface area contributed by atoms with Crippen molar-refractivity contribution in [1.82, 2.24) is 15.0 Å². The van der Waals surface area contributed by atoms with E-state index in [4.69, 9.17) is 9.26 Å². The fraction of sp³-hybridized carbons (Fsp3) is 0.400. The van der Waals surface area contributed by atoms with Crippen molar-refractivity contribution in [2.24, 2.45) is 4.99 Å². The summed E-state index contributed by atoms with van der Waals surface area (Å²) in [6, 6.07) is 6.19. The van der Waals surface area contributed by atoms with Gasteiger partial charge in [0, 0.05) is 38.2 Å².